The van der Waals surface area contributed by atoms with Crippen molar-refractivity contribution in [2.75, 3.05) is 6.61 Å². The fourth-order valence-corrected chi connectivity index (χ4v) is 2.37. The van der Waals surface area contributed by atoms with Crippen LogP contribution < -0.4 is 16.2 Å². The van der Waals surface area contributed by atoms with Crippen LogP contribution in [0.4, 0.5) is 5.69 Å². The molecule has 0 saturated heterocycles. The first-order valence-corrected chi connectivity index (χ1v) is 9.44. The van der Waals surface area contributed by atoms with Crippen LogP contribution in [0.3, 0.4) is 0 Å². The van der Waals surface area contributed by atoms with Crippen LogP contribution in [0.1, 0.15) is 33.3 Å². The highest BCUT2D eigenvalue weighted by Crippen LogP contribution is 2.23. The normalized spacial score (nSPS) is 14.0. The molecule has 0 saturated carbocycles. The van der Waals surface area contributed by atoms with E-state index in [0.29, 0.717) is 30.4 Å². The van der Waals surface area contributed by atoms with Crippen molar-refractivity contribution in [1.29, 1.82) is 0 Å². The van der Waals surface area contributed by atoms with Crippen molar-refractivity contribution < 1.29 is 9.47 Å². The number of amidine groups is 1. The van der Waals surface area contributed by atoms with Gasteiger partial charge in [-0.05, 0) is 30.7 Å². The molecule has 0 heterocycles. The molecular weight excluding hydrogens is 350 g/mol. The monoisotopic (exact) mass is 381 g/mol. The van der Waals surface area contributed by atoms with E-state index in [9.17, 15) is 0 Å². The third-order valence-corrected chi connectivity index (χ3v) is 4.05. The van der Waals surface area contributed by atoms with Crippen LogP contribution in [0.15, 0.2) is 71.4 Å². The molecule has 0 aliphatic carbocycles. The molecule has 2 rings (SSSR count). The van der Waals surface area contributed by atoms with E-state index >= 15 is 0 Å². The van der Waals surface area contributed by atoms with Gasteiger partial charge in [0.25, 0.3) is 0 Å². The summed E-state index contributed by atoms with van der Waals surface area (Å²) in [6.45, 7) is 9.12. The van der Waals surface area contributed by atoms with Gasteiger partial charge in [-0.25, -0.2) is 4.99 Å². The van der Waals surface area contributed by atoms with Gasteiger partial charge >= 0.3 is 0 Å². The second-order valence-electron chi connectivity index (χ2n) is 7.81. The van der Waals surface area contributed by atoms with E-state index < -0.39 is 0 Å². The van der Waals surface area contributed by atoms with Gasteiger partial charge in [0.1, 0.15) is 17.7 Å². The van der Waals surface area contributed by atoms with Crippen LogP contribution in [0.5, 0.6) is 5.75 Å². The molecule has 2 aromatic carbocycles. The number of rotatable bonds is 8. The zero-order valence-electron chi connectivity index (χ0n) is 17.2. The smallest absolute Gasteiger partial charge is 0.125 e. The van der Waals surface area contributed by atoms with E-state index in [4.69, 9.17) is 20.9 Å². The first-order chi connectivity index (χ1) is 13.2. The Hall–Kier alpha value is -2.79. The van der Waals surface area contributed by atoms with Crippen molar-refractivity contribution in [3.8, 4) is 5.75 Å². The molecule has 0 aliphatic heterocycles. The molecule has 0 amide bonds. The summed E-state index contributed by atoms with van der Waals surface area (Å²) in [6.07, 6.45) is 1.62. The second kappa shape index (κ2) is 9.95. The van der Waals surface area contributed by atoms with E-state index in [1.165, 1.54) is 0 Å². The van der Waals surface area contributed by atoms with Crippen molar-refractivity contribution in [1.82, 2.24) is 0 Å². The van der Waals surface area contributed by atoms with E-state index in [0.717, 1.165) is 11.3 Å². The molecule has 28 heavy (non-hydrogen) atoms. The lowest BCUT2D eigenvalue weighted by Crippen LogP contribution is -2.20. The molecule has 0 radical (unpaired) electrons. The largest absolute Gasteiger partial charge is 0.488 e. The predicted octanol–water partition coefficient (Wildman–Crippen LogP) is 4.55. The lowest BCUT2D eigenvalue weighted by atomic mass is 9.92. The minimum absolute atomic E-state index is 0.0864. The minimum Gasteiger partial charge on any atom is -0.488 e. The molecule has 2 aromatic rings. The van der Waals surface area contributed by atoms with Gasteiger partial charge < -0.3 is 20.9 Å². The third-order valence-electron chi connectivity index (χ3n) is 4.05. The lowest BCUT2D eigenvalue weighted by molar-refractivity contribution is 0.0493. The SMILES string of the molecule is C[C@H](COCc1ccccc1)Oc1cccc(N=C(N)/C=C(\N)C(C)(C)C)c1. The zero-order valence-corrected chi connectivity index (χ0v) is 17.2. The van der Waals surface area contributed by atoms with Crippen LogP contribution in [0, 0.1) is 5.41 Å². The third kappa shape index (κ3) is 7.45. The first-order valence-electron chi connectivity index (χ1n) is 9.44. The highest BCUT2D eigenvalue weighted by atomic mass is 16.5. The Morgan fingerprint density at radius 3 is 2.46 bits per heavy atom. The van der Waals surface area contributed by atoms with Crippen LogP contribution in [-0.2, 0) is 11.3 Å². The van der Waals surface area contributed by atoms with E-state index in [2.05, 4.69) is 4.99 Å². The fourth-order valence-electron chi connectivity index (χ4n) is 2.37. The molecule has 0 fully saturated rings. The Morgan fingerprint density at radius 2 is 1.79 bits per heavy atom. The molecule has 0 unspecified atom stereocenters. The van der Waals surface area contributed by atoms with Crippen LogP contribution in [0.25, 0.3) is 0 Å². The number of allylic oxidation sites excluding steroid dienone is 1. The van der Waals surface area contributed by atoms with Gasteiger partial charge in [0.15, 0.2) is 0 Å². The van der Waals surface area contributed by atoms with Crippen molar-refractivity contribution in [3.05, 3.63) is 71.9 Å². The van der Waals surface area contributed by atoms with Gasteiger partial charge in [-0.2, -0.15) is 0 Å². The number of aliphatic imine (C=N–C) groups is 1. The van der Waals surface area contributed by atoms with E-state index in [1.807, 2.05) is 82.3 Å². The number of ether oxygens (including phenoxy) is 2. The zero-order chi connectivity index (χ0) is 20.6. The molecule has 1 atom stereocenters. The summed E-state index contributed by atoms with van der Waals surface area (Å²) in [5.74, 6) is 1.08. The molecule has 0 bridgehead atoms. The Morgan fingerprint density at radius 1 is 1.07 bits per heavy atom. The van der Waals surface area contributed by atoms with Gasteiger partial charge in [0.2, 0.25) is 0 Å². The number of nitrogens with zero attached hydrogens (tertiary/aromatic N) is 1. The summed E-state index contributed by atoms with van der Waals surface area (Å²) in [4.78, 5) is 4.41. The average Bonchev–Trinajstić information content (AvgIpc) is 2.62. The summed E-state index contributed by atoms with van der Waals surface area (Å²) in [6, 6.07) is 17.6. The molecule has 5 nitrogen and oxygen atoms in total. The molecule has 0 aromatic heterocycles. The van der Waals surface area contributed by atoms with Gasteiger partial charge in [-0.1, -0.05) is 57.2 Å². The summed E-state index contributed by atoms with van der Waals surface area (Å²) < 4.78 is 11.7. The molecule has 4 N–H and O–H groups in total. The van der Waals surface area contributed by atoms with Crippen molar-refractivity contribution >= 4 is 11.5 Å². The molecular formula is C23H31N3O2. The van der Waals surface area contributed by atoms with Crippen LogP contribution >= 0.6 is 0 Å². The fraction of sp³-hybridized carbons (Fsp3) is 0.348. The van der Waals surface area contributed by atoms with E-state index in [1.54, 1.807) is 6.08 Å². The van der Waals surface area contributed by atoms with Crippen molar-refractivity contribution in [3.63, 3.8) is 0 Å². The van der Waals surface area contributed by atoms with Gasteiger partial charge in [-0.15, -0.1) is 0 Å². The topological polar surface area (TPSA) is 82.9 Å². The number of benzene rings is 2. The maximum atomic E-state index is 6.05. The molecule has 150 valence electrons. The Kier molecular flexibility index (Phi) is 7.64. The highest BCUT2D eigenvalue weighted by molar-refractivity contribution is 5.94. The summed E-state index contributed by atoms with van der Waals surface area (Å²) in [5.41, 5.74) is 14.4. The number of nitrogens with two attached hydrogens (primary N) is 2. The van der Waals surface area contributed by atoms with Gasteiger partial charge in [-0.3, -0.25) is 0 Å². The Bertz CT molecular complexity index is 808. The van der Waals surface area contributed by atoms with Crippen LogP contribution in [0.2, 0.25) is 0 Å². The highest BCUT2D eigenvalue weighted by Gasteiger charge is 2.13. The second-order valence-corrected chi connectivity index (χ2v) is 7.81. The molecule has 5 heteroatoms. The predicted molar refractivity (Wildman–Crippen MR) is 116 cm³/mol. The minimum atomic E-state index is -0.152. The lowest BCUT2D eigenvalue weighted by Gasteiger charge is -2.18. The Balaban J connectivity index is 1.92. The van der Waals surface area contributed by atoms with Crippen molar-refractivity contribution in [2.45, 2.75) is 40.4 Å². The maximum absolute atomic E-state index is 6.05. The van der Waals surface area contributed by atoms with E-state index in [-0.39, 0.29) is 11.5 Å². The van der Waals surface area contributed by atoms with Crippen LogP contribution in [-0.4, -0.2) is 18.5 Å². The summed E-state index contributed by atoms with van der Waals surface area (Å²) in [7, 11) is 0. The maximum Gasteiger partial charge on any atom is 0.125 e. The quantitative estimate of drug-likeness (QED) is 0.519. The molecule has 0 aliphatic rings. The number of hydrogen-bond acceptors (Lipinski definition) is 4. The summed E-state index contributed by atoms with van der Waals surface area (Å²) in [5, 5.41) is 0. The Labute approximate surface area is 168 Å². The summed E-state index contributed by atoms with van der Waals surface area (Å²) >= 11 is 0. The number of hydrogen-bond donors (Lipinski definition) is 2. The standard InChI is InChI=1S/C23H31N3O2/c1-17(15-27-16-18-9-6-5-7-10-18)28-20-12-8-11-19(13-20)26-22(25)14-21(24)23(2,3)4/h5-14,17H,15-16,24H2,1-4H3,(H2,25,26)/b21-14-/t17-/m1/s1. The molecule has 0 spiro atoms. The van der Waals surface area contributed by atoms with Crippen molar-refractivity contribution in [2.24, 2.45) is 21.9 Å². The first kappa shape index (κ1) is 21.5. The van der Waals surface area contributed by atoms with Gasteiger partial charge in [0, 0.05) is 17.2 Å². The average molecular weight is 382 g/mol. The van der Waals surface area contributed by atoms with Gasteiger partial charge in [0.05, 0.1) is 18.9 Å².